The molecule has 1 aromatic rings. The van der Waals surface area contributed by atoms with E-state index >= 15 is 0 Å². The fourth-order valence-electron chi connectivity index (χ4n) is 1.38. The first kappa shape index (κ1) is 14.1. The van der Waals surface area contributed by atoms with Crippen molar-refractivity contribution in [1.29, 1.82) is 0 Å². The van der Waals surface area contributed by atoms with E-state index in [1.165, 1.54) is 0 Å². The summed E-state index contributed by atoms with van der Waals surface area (Å²) in [5.41, 5.74) is 2.11. The van der Waals surface area contributed by atoms with Gasteiger partial charge in [-0.25, -0.2) is 0 Å². The van der Waals surface area contributed by atoms with Gasteiger partial charge in [-0.1, -0.05) is 0 Å². The van der Waals surface area contributed by atoms with Crippen molar-refractivity contribution in [2.24, 2.45) is 0 Å². The second-order valence-corrected chi connectivity index (χ2v) is 3.72. The van der Waals surface area contributed by atoms with Crippen LogP contribution in [0.3, 0.4) is 0 Å². The molecule has 0 spiro atoms. The number of methoxy groups -OCH3 is 2. The molecule has 0 aliphatic carbocycles. The summed E-state index contributed by atoms with van der Waals surface area (Å²) < 4.78 is 9.90. The molecule has 1 rings (SSSR count). The van der Waals surface area contributed by atoms with Gasteiger partial charge in [-0.05, 0) is 6.07 Å². The van der Waals surface area contributed by atoms with Gasteiger partial charge in [0.25, 0.3) is 0 Å². The molecule has 0 bridgehead atoms. The van der Waals surface area contributed by atoms with Crippen LogP contribution in [0.25, 0.3) is 0 Å². The Morgan fingerprint density at radius 2 is 1.76 bits per heavy atom. The molecule has 0 aliphatic rings. The average molecular weight is 242 g/mol. The highest BCUT2D eigenvalue weighted by Gasteiger charge is 2.00. The number of ether oxygens (including phenoxy) is 2. The van der Waals surface area contributed by atoms with Crippen LogP contribution in [0.5, 0.6) is 0 Å². The van der Waals surface area contributed by atoms with Crippen LogP contribution in [0.15, 0.2) is 6.07 Å². The van der Waals surface area contributed by atoms with Gasteiger partial charge in [-0.15, -0.1) is 0 Å². The Morgan fingerprint density at radius 1 is 1.12 bits per heavy atom. The Bertz CT molecular complexity index is 264. The first-order chi connectivity index (χ1) is 8.36. The normalized spacial score (nSPS) is 10.9. The van der Waals surface area contributed by atoms with Crippen LogP contribution in [-0.4, -0.2) is 50.7 Å². The van der Waals surface area contributed by atoms with Gasteiger partial charge >= 0.3 is 0 Å². The summed E-state index contributed by atoms with van der Waals surface area (Å²) in [5, 5.41) is 13.7. The Balaban J connectivity index is 2.14. The van der Waals surface area contributed by atoms with Crippen LogP contribution in [-0.2, 0) is 22.6 Å². The highest BCUT2D eigenvalue weighted by atomic mass is 16.5. The highest BCUT2D eigenvalue weighted by molar-refractivity contribution is 5.08. The maximum Gasteiger partial charge on any atom is 0.0763 e. The van der Waals surface area contributed by atoms with Crippen LogP contribution in [0.1, 0.15) is 11.4 Å². The lowest BCUT2D eigenvalue weighted by Crippen LogP contribution is -2.19. The molecule has 0 atom stereocenters. The Hall–Kier alpha value is -0.950. The second kappa shape index (κ2) is 9.12. The predicted molar refractivity (Wildman–Crippen MR) is 65.8 cm³/mol. The molecule has 6 nitrogen and oxygen atoms in total. The molecule has 0 unspecified atom stereocenters. The molecule has 0 aromatic carbocycles. The number of aromatic nitrogens is 2. The molecule has 1 heterocycles. The number of nitrogens with one attached hydrogen (secondary N) is 3. The molecule has 0 aliphatic heterocycles. The van der Waals surface area contributed by atoms with Crippen LogP contribution in [0.4, 0.5) is 0 Å². The zero-order valence-electron chi connectivity index (χ0n) is 10.6. The van der Waals surface area contributed by atoms with Crippen LogP contribution >= 0.6 is 0 Å². The first-order valence-electron chi connectivity index (χ1n) is 5.79. The lowest BCUT2D eigenvalue weighted by atomic mass is 10.3. The van der Waals surface area contributed by atoms with Gasteiger partial charge in [0.05, 0.1) is 18.9 Å². The van der Waals surface area contributed by atoms with E-state index in [-0.39, 0.29) is 0 Å². The standard InChI is InChI=1S/C11H22N4O2/c1-16-5-3-12-8-10-7-11(15-14-10)9-13-4-6-17-2/h7,12-13H,3-6,8-9H2,1-2H3,(H,14,15). The smallest absolute Gasteiger partial charge is 0.0763 e. The van der Waals surface area contributed by atoms with Gasteiger partial charge in [-0.2, -0.15) is 5.10 Å². The van der Waals surface area contributed by atoms with Crippen molar-refractivity contribution in [3.8, 4) is 0 Å². The summed E-state index contributed by atoms with van der Waals surface area (Å²) in [4.78, 5) is 0. The molecule has 3 N–H and O–H groups in total. The number of hydrogen-bond donors (Lipinski definition) is 3. The third-order valence-electron chi connectivity index (χ3n) is 2.27. The van der Waals surface area contributed by atoms with E-state index in [9.17, 15) is 0 Å². The van der Waals surface area contributed by atoms with Gasteiger partial charge < -0.3 is 20.1 Å². The zero-order chi connectivity index (χ0) is 12.3. The number of rotatable bonds is 10. The Labute approximate surface area is 102 Å². The minimum absolute atomic E-state index is 0.718. The molecule has 0 saturated carbocycles. The molecule has 0 fully saturated rings. The quantitative estimate of drug-likeness (QED) is 0.499. The topological polar surface area (TPSA) is 71.2 Å². The van der Waals surface area contributed by atoms with Crippen LogP contribution in [0.2, 0.25) is 0 Å². The largest absolute Gasteiger partial charge is 0.383 e. The highest BCUT2D eigenvalue weighted by Crippen LogP contribution is 1.98. The number of aromatic amines is 1. The third kappa shape index (κ3) is 6.38. The maximum absolute atomic E-state index is 4.95. The maximum atomic E-state index is 4.95. The van der Waals surface area contributed by atoms with Crippen LogP contribution < -0.4 is 10.6 Å². The van der Waals surface area contributed by atoms with Crippen molar-refractivity contribution in [3.63, 3.8) is 0 Å². The summed E-state index contributed by atoms with van der Waals surface area (Å²) in [6, 6.07) is 2.06. The summed E-state index contributed by atoms with van der Waals surface area (Å²) in [7, 11) is 3.39. The fraction of sp³-hybridized carbons (Fsp3) is 0.727. The molecule has 0 saturated heterocycles. The molecule has 0 radical (unpaired) electrons. The van der Waals surface area contributed by atoms with E-state index < -0.39 is 0 Å². The van der Waals surface area contributed by atoms with Gasteiger partial charge in [0.1, 0.15) is 0 Å². The average Bonchev–Trinajstić information content (AvgIpc) is 2.78. The van der Waals surface area contributed by atoms with Gasteiger partial charge in [0.15, 0.2) is 0 Å². The lowest BCUT2D eigenvalue weighted by molar-refractivity contribution is 0.199. The Kier molecular flexibility index (Phi) is 7.57. The molecule has 6 heteroatoms. The van der Waals surface area contributed by atoms with E-state index in [1.807, 2.05) is 0 Å². The van der Waals surface area contributed by atoms with Crippen LogP contribution in [0, 0.1) is 0 Å². The third-order valence-corrected chi connectivity index (χ3v) is 2.27. The number of H-pyrrole nitrogens is 1. The monoisotopic (exact) mass is 242 g/mol. The van der Waals surface area contributed by atoms with E-state index in [2.05, 4.69) is 26.9 Å². The molecular weight excluding hydrogens is 220 g/mol. The second-order valence-electron chi connectivity index (χ2n) is 3.72. The van der Waals surface area contributed by atoms with Gasteiger partial charge in [0.2, 0.25) is 0 Å². The van der Waals surface area contributed by atoms with Crippen molar-refractivity contribution in [2.45, 2.75) is 13.1 Å². The van der Waals surface area contributed by atoms with E-state index in [0.29, 0.717) is 0 Å². The first-order valence-corrected chi connectivity index (χ1v) is 5.79. The summed E-state index contributed by atoms with van der Waals surface area (Å²) in [5.74, 6) is 0. The number of hydrogen-bond acceptors (Lipinski definition) is 5. The van der Waals surface area contributed by atoms with Crippen molar-refractivity contribution in [2.75, 3.05) is 40.5 Å². The van der Waals surface area contributed by atoms with Crippen molar-refractivity contribution < 1.29 is 9.47 Å². The van der Waals surface area contributed by atoms with Gasteiger partial charge in [0, 0.05) is 46.1 Å². The Morgan fingerprint density at radius 3 is 2.41 bits per heavy atom. The predicted octanol–water partition coefficient (Wildman–Crippen LogP) is -0.118. The van der Waals surface area contributed by atoms with E-state index in [4.69, 9.17) is 9.47 Å². The van der Waals surface area contributed by atoms with Gasteiger partial charge in [-0.3, -0.25) is 5.10 Å². The summed E-state index contributed by atoms with van der Waals surface area (Å²) in [6.45, 7) is 4.67. The SMILES string of the molecule is COCCNCc1cc(CNCCOC)[nH]n1. The summed E-state index contributed by atoms with van der Waals surface area (Å²) in [6.07, 6.45) is 0. The summed E-state index contributed by atoms with van der Waals surface area (Å²) >= 11 is 0. The molecule has 0 amide bonds. The molecule has 98 valence electrons. The molecule has 17 heavy (non-hydrogen) atoms. The van der Waals surface area contributed by atoms with Crippen molar-refractivity contribution >= 4 is 0 Å². The fourth-order valence-corrected chi connectivity index (χ4v) is 1.38. The minimum Gasteiger partial charge on any atom is -0.383 e. The minimum atomic E-state index is 0.718. The van der Waals surface area contributed by atoms with E-state index in [0.717, 1.165) is 50.8 Å². The number of nitrogens with zero attached hydrogens (tertiary/aromatic N) is 1. The lowest BCUT2D eigenvalue weighted by Gasteiger charge is -2.01. The van der Waals surface area contributed by atoms with Crippen molar-refractivity contribution in [3.05, 3.63) is 17.5 Å². The zero-order valence-corrected chi connectivity index (χ0v) is 10.6. The molecular formula is C11H22N4O2. The van der Waals surface area contributed by atoms with Crippen molar-refractivity contribution in [1.82, 2.24) is 20.8 Å². The molecule has 1 aromatic heterocycles. The van der Waals surface area contributed by atoms with E-state index in [1.54, 1.807) is 14.2 Å².